The van der Waals surface area contributed by atoms with E-state index in [2.05, 4.69) is 9.38 Å². The van der Waals surface area contributed by atoms with Crippen molar-refractivity contribution in [3.8, 4) is 0 Å². The number of amidine groups is 1. The summed E-state index contributed by atoms with van der Waals surface area (Å²) in [5.41, 5.74) is 3.30. The lowest BCUT2D eigenvalue weighted by atomic mass is 10.4. The molecule has 0 saturated carbocycles. The van der Waals surface area contributed by atoms with Crippen LogP contribution in [0.5, 0.6) is 0 Å². The highest BCUT2D eigenvalue weighted by atomic mass is 32.2. The smallest absolute Gasteiger partial charge is 0.345 e. The molecule has 1 aromatic rings. The number of hydrogen-bond acceptors (Lipinski definition) is 5. The van der Waals surface area contributed by atoms with E-state index in [0.717, 1.165) is 0 Å². The van der Waals surface area contributed by atoms with E-state index in [4.69, 9.17) is 5.73 Å². The molecule has 1 aromatic heterocycles. The molecule has 10 heteroatoms. The molecule has 0 fully saturated rings. The van der Waals surface area contributed by atoms with Gasteiger partial charge in [0.15, 0.2) is 5.84 Å². The number of fused-ring (bicyclic) bond motifs is 1. The summed E-state index contributed by atoms with van der Waals surface area (Å²) in [7, 11) is -3.95. The number of aromatic nitrogens is 2. The molecule has 0 unspecified atom stereocenters. The molecule has 0 aliphatic carbocycles. The van der Waals surface area contributed by atoms with Gasteiger partial charge >= 0.3 is 21.3 Å². The predicted octanol–water partition coefficient (Wildman–Crippen LogP) is -2.56. The highest BCUT2D eigenvalue weighted by Gasteiger charge is 2.22. The van der Waals surface area contributed by atoms with Crippen molar-refractivity contribution < 1.29 is 8.42 Å². The Balaban J connectivity index is 2.82. The first-order chi connectivity index (χ1) is 6.89. The second kappa shape index (κ2) is 2.70. The molecule has 80 valence electrons. The first kappa shape index (κ1) is 9.45. The number of nitrogens with two attached hydrogens (primary N) is 1. The van der Waals surface area contributed by atoms with Crippen LogP contribution in [0.1, 0.15) is 5.69 Å². The summed E-state index contributed by atoms with van der Waals surface area (Å²) >= 11 is 0. The molecular formula is C5H5N5O4S. The fourth-order valence-corrected chi connectivity index (χ4v) is 1.87. The summed E-state index contributed by atoms with van der Waals surface area (Å²) in [5, 5.41) is 0. The molecule has 2 heterocycles. The molecule has 5 N–H and O–H groups in total. The summed E-state index contributed by atoms with van der Waals surface area (Å²) in [6.45, 7) is 0. The van der Waals surface area contributed by atoms with E-state index in [9.17, 15) is 18.0 Å². The van der Waals surface area contributed by atoms with Crippen LogP contribution in [0.25, 0.3) is 0 Å². The van der Waals surface area contributed by atoms with Crippen molar-refractivity contribution in [2.75, 3.05) is 4.72 Å². The molecule has 0 spiro atoms. The predicted molar refractivity (Wildman–Crippen MR) is 51.0 cm³/mol. The molecule has 15 heavy (non-hydrogen) atoms. The highest BCUT2D eigenvalue weighted by molar-refractivity contribution is 7.91. The molecule has 0 saturated heterocycles. The van der Waals surface area contributed by atoms with E-state index in [1.807, 2.05) is 9.71 Å². The Morgan fingerprint density at radius 2 is 1.73 bits per heavy atom. The Morgan fingerprint density at radius 1 is 1.13 bits per heavy atom. The van der Waals surface area contributed by atoms with Gasteiger partial charge in [0.25, 0.3) is 0 Å². The van der Waals surface area contributed by atoms with E-state index in [-0.39, 0.29) is 11.5 Å². The highest BCUT2D eigenvalue weighted by Crippen LogP contribution is 2.13. The summed E-state index contributed by atoms with van der Waals surface area (Å²) < 4.78 is 27.1. The van der Waals surface area contributed by atoms with E-state index in [1.54, 1.807) is 0 Å². The van der Waals surface area contributed by atoms with Crippen LogP contribution in [0.3, 0.4) is 0 Å². The quantitative estimate of drug-likeness (QED) is 0.362. The number of nitrogens with one attached hydrogen (secondary N) is 3. The zero-order valence-electron chi connectivity index (χ0n) is 7.07. The van der Waals surface area contributed by atoms with Gasteiger partial charge in [0.2, 0.25) is 0 Å². The molecule has 0 atom stereocenters. The summed E-state index contributed by atoms with van der Waals surface area (Å²) in [6, 6.07) is 0. The van der Waals surface area contributed by atoms with Crippen LogP contribution >= 0.6 is 0 Å². The lowest BCUT2D eigenvalue weighted by molar-refractivity contribution is 0.602. The maximum Gasteiger partial charge on any atom is 0.345 e. The first-order valence-electron chi connectivity index (χ1n) is 3.64. The minimum absolute atomic E-state index is 0.0607. The van der Waals surface area contributed by atoms with Gasteiger partial charge in [0.05, 0.1) is 0 Å². The molecule has 1 aliphatic heterocycles. The number of aromatic amines is 2. The van der Waals surface area contributed by atoms with Gasteiger partial charge in [-0.25, -0.2) is 4.72 Å². The van der Waals surface area contributed by atoms with E-state index in [0.29, 0.717) is 0 Å². The third kappa shape index (κ3) is 1.50. The van der Waals surface area contributed by atoms with E-state index >= 15 is 0 Å². The molecule has 2 rings (SSSR count). The van der Waals surface area contributed by atoms with E-state index < -0.39 is 27.2 Å². The van der Waals surface area contributed by atoms with Gasteiger partial charge < -0.3 is 15.7 Å². The molecule has 0 bridgehead atoms. The molecule has 0 amide bonds. The van der Waals surface area contributed by atoms with Gasteiger partial charge in [-0.1, -0.05) is 0 Å². The Hall–Kier alpha value is -2.10. The minimum atomic E-state index is -3.95. The zero-order valence-corrected chi connectivity index (χ0v) is 7.88. The van der Waals surface area contributed by atoms with Crippen LogP contribution < -0.4 is 21.6 Å². The van der Waals surface area contributed by atoms with Crippen molar-refractivity contribution in [2.24, 2.45) is 10.1 Å². The zero-order chi connectivity index (χ0) is 11.2. The topological polar surface area (TPSA) is 150 Å². The van der Waals surface area contributed by atoms with Gasteiger partial charge in [-0.3, -0.25) is 9.59 Å². The van der Waals surface area contributed by atoms with Crippen molar-refractivity contribution in [3.05, 3.63) is 26.4 Å². The monoisotopic (exact) mass is 231 g/mol. The Bertz CT molecular complexity index is 665. The number of rotatable bonds is 0. The minimum Gasteiger partial charge on any atom is -0.381 e. The van der Waals surface area contributed by atoms with Crippen LogP contribution in [0, 0.1) is 0 Å². The summed E-state index contributed by atoms with van der Waals surface area (Å²) in [4.78, 5) is 25.9. The average molecular weight is 231 g/mol. The largest absolute Gasteiger partial charge is 0.381 e. The van der Waals surface area contributed by atoms with Crippen LogP contribution in [-0.4, -0.2) is 24.2 Å². The number of nitrogens with zero attached hydrogens (tertiary/aromatic N) is 1. The second-order valence-corrected chi connectivity index (χ2v) is 4.05. The fraction of sp³-hybridized carbons (Fsp3) is 0. The second-order valence-electron chi connectivity index (χ2n) is 2.71. The van der Waals surface area contributed by atoms with Crippen molar-refractivity contribution in [1.82, 2.24) is 9.97 Å². The number of H-pyrrole nitrogens is 2. The van der Waals surface area contributed by atoms with Crippen molar-refractivity contribution in [2.45, 2.75) is 0 Å². The Morgan fingerprint density at radius 3 is 2.40 bits per heavy atom. The van der Waals surface area contributed by atoms with E-state index in [1.165, 1.54) is 0 Å². The van der Waals surface area contributed by atoms with Crippen LogP contribution in [-0.2, 0) is 10.2 Å². The van der Waals surface area contributed by atoms with Gasteiger partial charge in [-0.2, -0.15) is 8.42 Å². The summed E-state index contributed by atoms with van der Waals surface area (Å²) in [5.74, 6) is -0.593. The van der Waals surface area contributed by atoms with Gasteiger partial charge in [-0.05, 0) is 0 Å². The van der Waals surface area contributed by atoms with Crippen molar-refractivity contribution in [1.29, 1.82) is 0 Å². The normalized spacial score (nSPS) is 17.5. The molecule has 1 aliphatic rings. The van der Waals surface area contributed by atoms with Crippen LogP contribution in [0.4, 0.5) is 5.82 Å². The number of anilines is 1. The Labute approximate surface area is 82.2 Å². The van der Waals surface area contributed by atoms with Gasteiger partial charge in [-0.15, -0.1) is 4.40 Å². The van der Waals surface area contributed by atoms with Crippen molar-refractivity contribution in [3.63, 3.8) is 0 Å². The first-order valence-corrected chi connectivity index (χ1v) is 5.08. The van der Waals surface area contributed by atoms with Crippen LogP contribution in [0.15, 0.2) is 14.0 Å². The molecule has 0 radical (unpaired) electrons. The van der Waals surface area contributed by atoms with Crippen LogP contribution in [0.2, 0.25) is 0 Å². The lowest BCUT2D eigenvalue weighted by Crippen LogP contribution is -2.37. The fourth-order valence-electron chi connectivity index (χ4n) is 1.06. The number of hydrogen-bond donors (Lipinski definition) is 4. The molecular weight excluding hydrogens is 226 g/mol. The third-order valence-corrected chi connectivity index (χ3v) is 2.54. The summed E-state index contributed by atoms with van der Waals surface area (Å²) in [6.07, 6.45) is 0. The SMILES string of the molecule is NC1=NS(=O)(=O)Nc2[nH]c(=O)c(=O)[nH]c21. The van der Waals surface area contributed by atoms with Crippen molar-refractivity contribution >= 4 is 21.9 Å². The lowest BCUT2D eigenvalue weighted by Gasteiger charge is -2.13. The third-order valence-electron chi connectivity index (χ3n) is 1.64. The van der Waals surface area contributed by atoms with Gasteiger partial charge in [0, 0.05) is 0 Å². The molecule has 0 aromatic carbocycles. The maximum absolute atomic E-state index is 11.0. The average Bonchev–Trinajstić information content (AvgIpc) is 2.07. The van der Waals surface area contributed by atoms with Gasteiger partial charge in [0.1, 0.15) is 11.5 Å². The maximum atomic E-state index is 11.0. The Kier molecular flexibility index (Phi) is 1.70. The standard InChI is InChI=1S/C5H5N5O4S/c6-2-1-3(10-15(13,14)9-2)8-5(12)4(11)7-1/h(H2,6,9)(H,7,11)(H2,8,10,12). The molecule has 9 nitrogen and oxygen atoms in total.